The average Bonchev–Trinajstić information content (AvgIpc) is 2.53. The molecule has 2 rings (SSSR count). The molecule has 1 fully saturated rings. The summed E-state index contributed by atoms with van der Waals surface area (Å²) < 4.78 is 5.13. The third-order valence-corrected chi connectivity index (χ3v) is 2.74. The molecule has 1 aromatic heterocycles. The Balaban J connectivity index is 2.04. The van der Waals surface area contributed by atoms with Crippen LogP contribution in [0.3, 0.4) is 0 Å². The molecule has 1 aliphatic heterocycles. The van der Waals surface area contributed by atoms with Crippen molar-refractivity contribution in [1.82, 2.24) is 9.88 Å². The lowest BCUT2D eigenvalue weighted by molar-refractivity contribution is -0.140. The summed E-state index contributed by atoms with van der Waals surface area (Å²) >= 11 is 0. The Labute approximate surface area is 104 Å². The highest BCUT2D eigenvalue weighted by Gasteiger charge is 2.42. The Bertz CT molecular complexity index is 462. The number of rotatable bonds is 4. The zero-order valence-corrected chi connectivity index (χ0v) is 10.00. The number of carbonyl (C=O) groups is 2. The molecule has 1 amide bonds. The molecule has 96 valence electrons. The normalized spacial score (nSPS) is 22.9. The van der Waals surface area contributed by atoms with Crippen molar-refractivity contribution < 1.29 is 19.4 Å². The van der Waals surface area contributed by atoms with Gasteiger partial charge in [-0.3, -0.25) is 14.7 Å². The maximum atomic E-state index is 11.7. The molecule has 1 aliphatic rings. The van der Waals surface area contributed by atoms with Crippen molar-refractivity contribution in [2.24, 2.45) is 0 Å². The predicted octanol–water partition coefficient (Wildman–Crippen LogP) is 1.27. The van der Waals surface area contributed by atoms with Crippen LogP contribution in [0.4, 0.5) is 4.79 Å². The quantitative estimate of drug-likeness (QED) is 0.870. The van der Waals surface area contributed by atoms with Crippen molar-refractivity contribution >= 4 is 12.1 Å². The van der Waals surface area contributed by atoms with E-state index in [0.29, 0.717) is 6.54 Å². The minimum absolute atomic E-state index is 0.192. The van der Waals surface area contributed by atoms with Crippen LogP contribution in [0.5, 0.6) is 0 Å². The minimum atomic E-state index is -0.978. The highest BCUT2D eigenvalue weighted by atomic mass is 16.6. The van der Waals surface area contributed by atoms with Crippen LogP contribution in [0.1, 0.15) is 18.9 Å². The SMILES string of the molecule is CC1(CC(=O)O)CN(Cc2cccnc2)C(=O)O1. The first kappa shape index (κ1) is 12.3. The van der Waals surface area contributed by atoms with Crippen LogP contribution in [0.25, 0.3) is 0 Å². The first-order valence-electron chi connectivity index (χ1n) is 5.57. The van der Waals surface area contributed by atoms with Crippen molar-refractivity contribution in [3.63, 3.8) is 0 Å². The summed E-state index contributed by atoms with van der Waals surface area (Å²) in [7, 11) is 0. The lowest BCUT2D eigenvalue weighted by atomic mass is 10.0. The van der Waals surface area contributed by atoms with Crippen molar-refractivity contribution in [3.05, 3.63) is 30.1 Å². The number of carboxylic acids is 1. The molecule has 0 bridgehead atoms. The van der Waals surface area contributed by atoms with E-state index in [0.717, 1.165) is 5.56 Å². The van der Waals surface area contributed by atoms with Crippen molar-refractivity contribution in [1.29, 1.82) is 0 Å². The Hall–Kier alpha value is -2.11. The second kappa shape index (κ2) is 4.64. The van der Waals surface area contributed by atoms with Gasteiger partial charge in [0.15, 0.2) is 0 Å². The number of aliphatic carboxylic acids is 1. The third kappa shape index (κ3) is 2.77. The third-order valence-electron chi connectivity index (χ3n) is 2.74. The van der Waals surface area contributed by atoms with Gasteiger partial charge in [0.1, 0.15) is 5.60 Å². The van der Waals surface area contributed by atoms with Crippen LogP contribution in [0.2, 0.25) is 0 Å². The van der Waals surface area contributed by atoms with Gasteiger partial charge in [-0.25, -0.2) is 4.79 Å². The molecule has 2 heterocycles. The molecule has 1 N–H and O–H groups in total. The van der Waals surface area contributed by atoms with Crippen molar-refractivity contribution in [2.45, 2.75) is 25.5 Å². The van der Waals surface area contributed by atoms with Gasteiger partial charge in [-0.15, -0.1) is 0 Å². The van der Waals surface area contributed by atoms with E-state index in [1.54, 1.807) is 25.4 Å². The predicted molar refractivity (Wildman–Crippen MR) is 61.8 cm³/mol. The number of hydrogen-bond acceptors (Lipinski definition) is 4. The van der Waals surface area contributed by atoms with E-state index < -0.39 is 17.7 Å². The standard InChI is InChI=1S/C12H14N2O4/c1-12(5-10(15)16)8-14(11(17)18-12)7-9-3-2-4-13-6-9/h2-4,6H,5,7-8H2,1H3,(H,15,16). The zero-order valence-electron chi connectivity index (χ0n) is 10.00. The number of pyridine rings is 1. The maximum absolute atomic E-state index is 11.7. The summed E-state index contributed by atoms with van der Waals surface area (Å²) in [6, 6.07) is 3.64. The van der Waals surface area contributed by atoms with E-state index in [1.807, 2.05) is 6.07 Å². The molecule has 18 heavy (non-hydrogen) atoms. The molecule has 6 nitrogen and oxygen atoms in total. The summed E-state index contributed by atoms with van der Waals surface area (Å²) in [6.45, 7) is 2.27. The lowest BCUT2D eigenvalue weighted by Gasteiger charge is -2.19. The lowest BCUT2D eigenvalue weighted by Crippen LogP contribution is -2.33. The smallest absolute Gasteiger partial charge is 0.410 e. The van der Waals surface area contributed by atoms with Crippen molar-refractivity contribution in [2.75, 3.05) is 6.54 Å². The molecule has 0 saturated carbocycles. The molecule has 0 aromatic carbocycles. The van der Waals surface area contributed by atoms with Gasteiger partial charge in [0.05, 0.1) is 19.5 Å². The van der Waals surface area contributed by atoms with E-state index in [-0.39, 0.29) is 13.0 Å². The molecule has 0 aliphatic carbocycles. The van der Waals surface area contributed by atoms with Crippen LogP contribution < -0.4 is 0 Å². The van der Waals surface area contributed by atoms with Gasteiger partial charge < -0.3 is 9.84 Å². The number of nitrogens with zero attached hydrogens (tertiary/aromatic N) is 2. The largest absolute Gasteiger partial charge is 0.481 e. The number of cyclic esters (lactones) is 1. The molecular formula is C12H14N2O4. The van der Waals surface area contributed by atoms with Crippen LogP contribution in [-0.2, 0) is 16.1 Å². The first-order chi connectivity index (χ1) is 8.48. The fraction of sp³-hybridized carbons (Fsp3) is 0.417. The second-order valence-electron chi connectivity index (χ2n) is 4.61. The van der Waals surface area contributed by atoms with E-state index in [4.69, 9.17) is 9.84 Å². The Morgan fingerprint density at radius 2 is 2.44 bits per heavy atom. The molecule has 6 heteroatoms. The van der Waals surface area contributed by atoms with E-state index >= 15 is 0 Å². The van der Waals surface area contributed by atoms with Gasteiger partial charge in [-0.05, 0) is 18.6 Å². The van der Waals surface area contributed by atoms with Crippen LogP contribution in [-0.4, -0.2) is 39.2 Å². The summed E-state index contributed by atoms with van der Waals surface area (Å²) in [5, 5.41) is 8.78. The fourth-order valence-electron chi connectivity index (χ4n) is 2.02. The molecule has 1 aromatic rings. The monoisotopic (exact) mass is 250 g/mol. The van der Waals surface area contributed by atoms with Gasteiger partial charge >= 0.3 is 12.1 Å². The molecule has 1 saturated heterocycles. The van der Waals surface area contributed by atoms with E-state index in [9.17, 15) is 9.59 Å². The second-order valence-corrected chi connectivity index (χ2v) is 4.61. The average molecular weight is 250 g/mol. The number of amides is 1. The number of hydrogen-bond donors (Lipinski definition) is 1. The Kier molecular flexibility index (Phi) is 3.18. The van der Waals surface area contributed by atoms with E-state index in [2.05, 4.69) is 4.98 Å². The van der Waals surface area contributed by atoms with Crippen LogP contribution >= 0.6 is 0 Å². The molecule has 1 atom stereocenters. The van der Waals surface area contributed by atoms with Crippen LogP contribution in [0.15, 0.2) is 24.5 Å². The highest BCUT2D eigenvalue weighted by Crippen LogP contribution is 2.26. The minimum Gasteiger partial charge on any atom is -0.481 e. The van der Waals surface area contributed by atoms with Gasteiger partial charge in [-0.1, -0.05) is 6.07 Å². The highest BCUT2D eigenvalue weighted by molar-refractivity contribution is 5.74. The summed E-state index contributed by atoms with van der Waals surface area (Å²) in [5.41, 5.74) is -0.0699. The number of ether oxygens (including phenoxy) is 1. The summed E-state index contributed by atoms with van der Waals surface area (Å²) in [6.07, 6.45) is 2.64. The molecular weight excluding hydrogens is 236 g/mol. The molecule has 0 spiro atoms. The Morgan fingerprint density at radius 3 is 3.06 bits per heavy atom. The first-order valence-corrected chi connectivity index (χ1v) is 5.57. The number of carboxylic acid groups (broad SMARTS) is 1. The van der Waals surface area contributed by atoms with Crippen molar-refractivity contribution in [3.8, 4) is 0 Å². The van der Waals surface area contributed by atoms with Gasteiger partial charge in [0.25, 0.3) is 0 Å². The van der Waals surface area contributed by atoms with Crippen LogP contribution in [0, 0.1) is 0 Å². The zero-order chi connectivity index (χ0) is 13.2. The van der Waals surface area contributed by atoms with Gasteiger partial charge in [0, 0.05) is 12.4 Å². The number of carbonyl (C=O) groups excluding carboxylic acids is 1. The number of aromatic nitrogens is 1. The fourth-order valence-corrected chi connectivity index (χ4v) is 2.02. The van der Waals surface area contributed by atoms with E-state index in [1.165, 1.54) is 4.90 Å². The molecule has 1 unspecified atom stereocenters. The summed E-state index contributed by atoms with van der Waals surface area (Å²) in [4.78, 5) is 27.8. The Morgan fingerprint density at radius 1 is 1.67 bits per heavy atom. The topological polar surface area (TPSA) is 79.7 Å². The summed E-state index contributed by atoms with van der Waals surface area (Å²) in [5.74, 6) is -0.978. The van der Waals surface area contributed by atoms with Gasteiger partial charge in [-0.2, -0.15) is 0 Å². The van der Waals surface area contributed by atoms with Gasteiger partial charge in [0.2, 0.25) is 0 Å². The molecule has 0 radical (unpaired) electrons. The maximum Gasteiger partial charge on any atom is 0.410 e.